The smallest absolute Gasteiger partial charge is 0.389 e. The maximum Gasteiger partial charge on any atom is 0.389 e. The second-order valence-corrected chi connectivity index (χ2v) is 4.28. The van der Waals surface area contributed by atoms with Gasteiger partial charge in [-0.05, 0) is 37.1 Å². The molecule has 1 aromatic rings. The number of halogens is 3. The van der Waals surface area contributed by atoms with Crippen molar-refractivity contribution in [1.29, 1.82) is 0 Å². The highest BCUT2D eigenvalue weighted by atomic mass is 19.4. The monoisotopic (exact) mass is 261 g/mol. The summed E-state index contributed by atoms with van der Waals surface area (Å²) >= 11 is 0. The fraction of sp³-hybridized carbons (Fsp3) is 0.538. The number of likely N-dealkylation sites (N-methyl/N-ethyl adjacent to an activating group) is 1. The summed E-state index contributed by atoms with van der Waals surface area (Å²) in [4.78, 5) is 0. The van der Waals surface area contributed by atoms with E-state index in [9.17, 15) is 18.3 Å². The quantitative estimate of drug-likeness (QED) is 0.823. The van der Waals surface area contributed by atoms with Gasteiger partial charge in [-0.3, -0.25) is 0 Å². The first-order chi connectivity index (χ1) is 8.40. The minimum atomic E-state index is -4.12. The molecule has 0 aliphatic heterocycles. The molecule has 0 saturated carbocycles. The third-order valence-electron chi connectivity index (χ3n) is 2.66. The Morgan fingerprint density at radius 3 is 2.61 bits per heavy atom. The van der Waals surface area contributed by atoms with Crippen molar-refractivity contribution in [2.24, 2.45) is 0 Å². The Morgan fingerprint density at radius 1 is 1.33 bits per heavy atom. The number of phenolic OH excluding ortho intramolecular Hbond substituents is 1. The molecule has 0 amide bonds. The zero-order valence-electron chi connectivity index (χ0n) is 10.3. The fourth-order valence-corrected chi connectivity index (χ4v) is 1.87. The molecule has 1 aromatic carbocycles. The van der Waals surface area contributed by atoms with E-state index in [1.54, 1.807) is 24.3 Å². The lowest BCUT2D eigenvalue weighted by molar-refractivity contribution is -0.136. The summed E-state index contributed by atoms with van der Waals surface area (Å²) in [5.74, 6) is 0.138. The molecule has 2 nitrogen and oxygen atoms in total. The van der Waals surface area contributed by atoms with Gasteiger partial charge in [-0.2, -0.15) is 13.2 Å². The summed E-state index contributed by atoms with van der Waals surface area (Å²) in [5.41, 5.74) is 0.836. The van der Waals surface area contributed by atoms with Crippen molar-refractivity contribution >= 4 is 0 Å². The molecule has 0 fully saturated rings. The molecule has 0 aliphatic carbocycles. The van der Waals surface area contributed by atoms with Gasteiger partial charge in [-0.15, -0.1) is 0 Å². The van der Waals surface area contributed by atoms with E-state index in [1.165, 1.54) is 0 Å². The number of alkyl halides is 3. The lowest BCUT2D eigenvalue weighted by atomic mass is 10.0. The van der Waals surface area contributed by atoms with Crippen LogP contribution in [-0.2, 0) is 6.42 Å². The zero-order chi connectivity index (χ0) is 13.6. The first-order valence-corrected chi connectivity index (χ1v) is 5.98. The van der Waals surface area contributed by atoms with Crippen LogP contribution in [0.2, 0.25) is 0 Å². The predicted octanol–water partition coefficient (Wildman–Crippen LogP) is 3.26. The number of phenols is 1. The minimum absolute atomic E-state index is 0.0486. The van der Waals surface area contributed by atoms with E-state index in [2.05, 4.69) is 5.32 Å². The van der Waals surface area contributed by atoms with Gasteiger partial charge in [0.05, 0.1) is 0 Å². The molecule has 0 saturated heterocycles. The molecule has 18 heavy (non-hydrogen) atoms. The van der Waals surface area contributed by atoms with E-state index in [0.717, 1.165) is 5.56 Å². The largest absolute Gasteiger partial charge is 0.508 e. The van der Waals surface area contributed by atoms with E-state index in [4.69, 9.17) is 0 Å². The molecule has 0 bridgehead atoms. The summed E-state index contributed by atoms with van der Waals surface area (Å²) < 4.78 is 36.6. The number of hydrogen-bond donors (Lipinski definition) is 2. The van der Waals surface area contributed by atoms with Crippen molar-refractivity contribution in [3.8, 4) is 5.75 Å². The Hall–Kier alpha value is -1.23. The van der Waals surface area contributed by atoms with Crippen LogP contribution in [-0.4, -0.2) is 23.9 Å². The van der Waals surface area contributed by atoms with Crippen LogP contribution in [0.1, 0.15) is 25.3 Å². The lowest BCUT2D eigenvalue weighted by Gasteiger charge is -2.19. The molecule has 1 unspecified atom stereocenters. The standard InChI is InChI=1S/C13H18F3NO/c1-2-17-11(6-7-13(14,15)16)8-10-4-3-5-12(18)9-10/h3-5,9,11,17-18H,2,6-8H2,1H3. The predicted molar refractivity (Wildman–Crippen MR) is 64.6 cm³/mol. The SMILES string of the molecule is CCNC(CCC(F)(F)F)Cc1cccc(O)c1. The highest BCUT2D eigenvalue weighted by Crippen LogP contribution is 2.23. The molecule has 5 heteroatoms. The van der Waals surface area contributed by atoms with Crippen molar-refractivity contribution in [2.45, 2.75) is 38.4 Å². The summed E-state index contributed by atoms with van der Waals surface area (Å²) in [5, 5.41) is 12.4. The van der Waals surface area contributed by atoms with E-state index in [0.29, 0.717) is 13.0 Å². The van der Waals surface area contributed by atoms with E-state index < -0.39 is 12.6 Å². The molecule has 0 aromatic heterocycles. The normalized spacial score (nSPS) is 13.6. The maximum absolute atomic E-state index is 12.2. The number of nitrogens with one attached hydrogen (secondary N) is 1. The molecule has 1 atom stereocenters. The van der Waals surface area contributed by atoms with Crippen LogP contribution < -0.4 is 5.32 Å². The summed E-state index contributed by atoms with van der Waals surface area (Å²) in [7, 11) is 0. The van der Waals surface area contributed by atoms with Gasteiger partial charge in [0.1, 0.15) is 5.75 Å². The number of hydrogen-bond acceptors (Lipinski definition) is 2. The molecular weight excluding hydrogens is 243 g/mol. The van der Waals surface area contributed by atoms with Gasteiger partial charge in [0, 0.05) is 12.5 Å². The Bertz CT molecular complexity index is 365. The second kappa shape index (κ2) is 6.64. The Kier molecular flexibility index (Phi) is 5.47. The third-order valence-corrected chi connectivity index (χ3v) is 2.66. The van der Waals surface area contributed by atoms with Gasteiger partial charge >= 0.3 is 6.18 Å². The lowest BCUT2D eigenvalue weighted by Crippen LogP contribution is -2.32. The van der Waals surface area contributed by atoms with Crippen molar-refractivity contribution in [2.75, 3.05) is 6.54 Å². The van der Waals surface area contributed by atoms with E-state index in [-0.39, 0.29) is 18.2 Å². The summed E-state index contributed by atoms with van der Waals surface area (Å²) in [6.07, 6.45) is -4.37. The molecule has 0 radical (unpaired) electrons. The minimum Gasteiger partial charge on any atom is -0.508 e. The Morgan fingerprint density at radius 2 is 2.06 bits per heavy atom. The highest BCUT2D eigenvalue weighted by Gasteiger charge is 2.28. The number of aromatic hydroxyl groups is 1. The average Bonchev–Trinajstić information content (AvgIpc) is 2.25. The average molecular weight is 261 g/mol. The van der Waals surface area contributed by atoms with Crippen LogP contribution in [0.5, 0.6) is 5.75 Å². The molecule has 2 N–H and O–H groups in total. The first-order valence-electron chi connectivity index (χ1n) is 5.98. The molecule has 1 rings (SSSR count). The van der Waals surface area contributed by atoms with Crippen LogP contribution >= 0.6 is 0 Å². The molecule has 0 aliphatic rings. The third kappa shape index (κ3) is 5.91. The molecule has 0 spiro atoms. The van der Waals surface area contributed by atoms with Crippen molar-refractivity contribution in [3.05, 3.63) is 29.8 Å². The summed E-state index contributed by atoms with van der Waals surface area (Å²) in [6, 6.07) is 6.40. The fourth-order valence-electron chi connectivity index (χ4n) is 1.87. The zero-order valence-corrected chi connectivity index (χ0v) is 10.3. The highest BCUT2D eigenvalue weighted by molar-refractivity contribution is 5.27. The number of rotatable bonds is 6. The van der Waals surface area contributed by atoms with Crippen LogP contribution in [0.3, 0.4) is 0 Å². The maximum atomic E-state index is 12.2. The Balaban J connectivity index is 2.57. The van der Waals surface area contributed by atoms with Crippen LogP contribution in [0, 0.1) is 0 Å². The Labute approximate surface area is 105 Å². The van der Waals surface area contributed by atoms with Gasteiger partial charge < -0.3 is 10.4 Å². The first kappa shape index (κ1) is 14.8. The van der Waals surface area contributed by atoms with E-state index >= 15 is 0 Å². The van der Waals surface area contributed by atoms with Crippen LogP contribution in [0.15, 0.2) is 24.3 Å². The van der Waals surface area contributed by atoms with E-state index in [1.807, 2.05) is 6.92 Å². The molecular formula is C13H18F3NO. The second-order valence-electron chi connectivity index (χ2n) is 4.28. The van der Waals surface area contributed by atoms with Crippen LogP contribution in [0.4, 0.5) is 13.2 Å². The van der Waals surface area contributed by atoms with Gasteiger partial charge in [-0.25, -0.2) is 0 Å². The van der Waals surface area contributed by atoms with Crippen molar-refractivity contribution < 1.29 is 18.3 Å². The summed E-state index contributed by atoms with van der Waals surface area (Å²) in [6.45, 7) is 2.49. The van der Waals surface area contributed by atoms with Crippen molar-refractivity contribution in [1.82, 2.24) is 5.32 Å². The van der Waals surface area contributed by atoms with Gasteiger partial charge in [0.25, 0.3) is 0 Å². The molecule has 102 valence electrons. The van der Waals surface area contributed by atoms with Gasteiger partial charge in [-0.1, -0.05) is 19.1 Å². The topological polar surface area (TPSA) is 32.3 Å². The van der Waals surface area contributed by atoms with Crippen molar-refractivity contribution in [3.63, 3.8) is 0 Å². The number of benzene rings is 1. The van der Waals surface area contributed by atoms with Crippen LogP contribution in [0.25, 0.3) is 0 Å². The van der Waals surface area contributed by atoms with Gasteiger partial charge in [0.2, 0.25) is 0 Å². The molecule has 0 heterocycles. The van der Waals surface area contributed by atoms with Gasteiger partial charge in [0.15, 0.2) is 0 Å².